The standard InChI is InChI=1S/C5H8N5O2S/c6-13(11,12)10-4-5-7-2-1-3-9(5)8-10/h1-3,8H,4H2,(H2,6,11,12)/q+1. The molecule has 70 valence electrons. The lowest BCUT2D eigenvalue weighted by molar-refractivity contribution is -0.656. The van der Waals surface area contributed by atoms with Gasteiger partial charge in [0.1, 0.15) is 18.9 Å². The Morgan fingerprint density at radius 3 is 3.08 bits per heavy atom. The number of rotatable bonds is 1. The third kappa shape index (κ3) is 1.46. The minimum atomic E-state index is -3.71. The van der Waals surface area contributed by atoms with Crippen molar-refractivity contribution in [3.8, 4) is 0 Å². The van der Waals surface area contributed by atoms with Gasteiger partial charge in [0, 0.05) is 6.07 Å². The van der Waals surface area contributed by atoms with Crippen molar-refractivity contribution < 1.29 is 13.1 Å². The largest absolute Gasteiger partial charge is 0.339 e. The highest BCUT2D eigenvalue weighted by Gasteiger charge is 2.32. The zero-order valence-electron chi connectivity index (χ0n) is 6.58. The summed E-state index contributed by atoms with van der Waals surface area (Å²) in [6, 6.07) is 1.68. The predicted molar refractivity (Wildman–Crippen MR) is 42.4 cm³/mol. The van der Waals surface area contributed by atoms with Gasteiger partial charge >= 0.3 is 5.82 Å². The minimum Gasteiger partial charge on any atom is -0.214 e. The van der Waals surface area contributed by atoms with Crippen molar-refractivity contribution >= 4 is 10.2 Å². The zero-order chi connectivity index (χ0) is 9.47. The molecule has 2 heterocycles. The molecule has 0 bridgehead atoms. The monoisotopic (exact) mass is 202 g/mol. The quantitative estimate of drug-likeness (QED) is 0.508. The van der Waals surface area contributed by atoms with Crippen LogP contribution in [0.4, 0.5) is 0 Å². The van der Waals surface area contributed by atoms with E-state index in [9.17, 15) is 8.42 Å². The molecule has 1 aromatic heterocycles. The molecule has 7 nitrogen and oxygen atoms in total. The van der Waals surface area contributed by atoms with Crippen LogP contribution in [0.3, 0.4) is 0 Å². The van der Waals surface area contributed by atoms with Crippen LogP contribution in [-0.4, -0.2) is 17.8 Å². The van der Waals surface area contributed by atoms with Crippen molar-refractivity contribution in [1.29, 1.82) is 0 Å². The first-order valence-corrected chi connectivity index (χ1v) is 5.00. The predicted octanol–water partition coefficient (Wildman–Crippen LogP) is -2.15. The number of nitrogens with zero attached hydrogens (tertiary/aromatic N) is 3. The van der Waals surface area contributed by atoms with Crippen molar-refractivity contribution in [3.63, 3.8) is 0 Å². The zero-order valence-corrected chi connectivity index (χ0v) is 7.40. The molecule has 0 radical (unpaired) electrons. The molecule has 0 saturated heterocycles. The van der Waals surface area contributed by atoms with Gasteiger partial charge in [-0.1, -0.05) is 9.40 Å². The summed E-state index contributed by atoms with van der Waals surface area (Å²) in [5, 5.41) is 4.91. The molecule has 0 aromatic carbocycles. The SMILES string of the molecule is NS(=O)(=O)N1Cc2nccc[n+]2N1. The normalized spacial score (nSPS) is 16.7. The van der Waals surface area contributed by atoms with Gasteiger partial charge < -0.3 is 0 Å². The lowest BCUT2D eigenvalue weighted by Crippen LogP contribution is -2.50. The Balaban J connectivity index is 2.33. The molecular weight excluding hydrogens is 194 g/mol. The highest BCUT2D eigenvalue weighted by molar-refractivity contribution is 7.86. The van der Waals surface area contributed by atoms with Gasteiger partial charge in [0.15, 0.2) is 0 Å². The summed E-state index contributed by atoms with van der Waals surface area (Å²) in [4.78, 5) is 3.96. The van der Waals surface area contributed by atoms with E-state index < -0.39 is 10.2 Å². The molecule has 1 aliphatic rings. The Labute approximate surface area is 74.9 Å². The van der Waals surface area contributed by atoms with Gasteiger partial charge in [0.05, 0.1) is 0 Å². The van der Waals surface area contributed by atoms with Crippen LogP contribution in [0, 0.1) is 0 Å². The molecule has 0 amide bonds. The van der Waals surface area contributed by atoms with Gasteiger partial charge in [-0.25, -0.2) is 5.14 Å². The summed E-state index contributed by atoms with van der Waals surface area (Å²) in [6.45, 7) is 0.139. The van der Waals surface area contributed by atoms with Crippen LogP contribution < -0.4 is 15.3 Å². The Morgan fingerprint density at radius 1 is 1.69 bits per heavy atom. The first kappa shape index (κ1) is 8.35. The van der Waals surface area contributed by atoms with Gasteiger partial charge in [-0.15, -0.1) is 4.68 Å². The smallest absolute Gasteiger partial charge is 0.214 e. The Morgan fingerprint density at radius 2 is 2.46 bits per heavy atom. The van der Waals surface area contributed by atoms with Gasteiger partial charge in [0.2, 0.25) is 0 Å². The average Bonchev–Trinajstić information content (AvgIpc) is 2.45. The third-order valence-electron chi connectivity index (χ3n) is 1.63. The van der Waals surface area contributed by atoms with Crippen LogP contribution in [0.15, 0.2) is 18.5 Å². The van der Waals surface area contributed by atoms with E-state index in [0.717, 1.165) is 4.41 Å². The lowest BCUT2D eigenvalue weighted by atomic mass is 10.6. The van der Waals surface area contributed by atoms with E-state index in [4.69, 9.17) is 5.14 Å². The van der Waals surface area contributed by atoms with E-state index in [1.54, 1.807) is 18.5 Å². The maximum absolute atomic E-state index is 10.9. The molecule has 0 aliphatic carbocycles. The summed E-state index contributed by atoms with van der Waals surface area (Å²) in [6.07, 6.45) is 3.24. The van der Waals surface area contributed by atoms with Crippen LogP contribution in [-0.2, 0) is 16.8 Å². The molecule has 0 unspecified atom stereocenters. The third-order valence-corrected chi connectivity index (χ3v) is 2.46. The molecule has 1 aliphatic heterocycles. The van der Waals surface area contributed by atoms with E-state index in [2.05, 4.69) is 10.5 Å². The van der Waals surface area contributed by atoms with Crippen LogP contribution in [0.2, 0.25) is 0 Å². The second-order valence-corrected chi connectivity index (χ2v) is 4.03. The summed E-state index contributed by atoms with van der Waals surface area (Å²) in [5.74, 6) is 0.594. The Bertz CT molecular complexity index is 405. The second kappa shape index (κ2) is 2.62. The number of hydrogen-bond donors (Lipinski definition) is 2. The minimum absolute atomic E-state index is 0.139. The molecule has 3 N–H and O–H groups in total. The Kier molecular flexibility index (Phi) is 1.68. The molecule has 0 saturated carbocycles. The summed E-state index contributed by atoms with van der Waals surface area (Å²) >= 11 is 0. The number of nitrogens with two attached hydrogens (primary N) is 1. The van der Waals surface area contributed by atoms with Gasteiger partial charge in [-0.2, -0.15) is 14.0 Å². The first-order valence-electron chi connectivity index (χ1n) is 3.50. The molecule has 0 spiro atoms. The fourth-order valence-electron chi connectivity index (χ4n) is 1.04. The highest BCUT2D eigenvalue weighted by Crippen LogP contribution is 2.02. The molecule has 0 fully saturated rings. The fraction of sp³-hybridized carbons (Fsp3) is 0.200. The van der Waals surface area contributed by atoms with E-state index in [-0.39, 0.29) is 6.54 Å². The van der Waals surface area contributed by atoms with Crippen LogP contribution in [0.5, 0.6) is 0 Å². The fourth-order valence-corrected chi connectivity index (χ4v) is 1.54. The summed E-state index contributed by atoms with van der Waals surface area (Å²) < 4.78 is 24.2. The van der Waals surface area contributed by atoms with Crippen molar-refractivity contribution in [2.24, 2.45) is 5.14 Å². The molecule has 0 atom stereocenters. The van der Waals surface area contributed by atoms with Crippen molar-refractivity contribution in [1.82, 2.24) is 9.40 Å². The van der Waals surface area contributed by atoms with E-state index in [1.165, 1.54) is 4.68 Å². The molecule has 1 aromatic rings. The average molecular weight is 202 g/mol. The topological polar surface area (TPSA) is 92.2 Å². The number of nitrogens with one attached hydrogen (secondary N) is 1. The maximum Gasteiger partial charge on any atom is 0.339 e. The van der Waals surface area contributed by atoms with Crippen molar-refractivity contribution in [2.45, 2.75) is 6.54 Å². The molecule has 8 heteroatoms. The first-order chi connectivity index (χ1) is 6.07. The van der Waals surface area contributed by atoms with Gasteiger partial charge in [0.25, 0.3) is 10.2 Å². The Hall–Kier alpha value is -1.25. The van der Waals surface area contributed by atoms with Gasteiger partial charge in [-0.05, 0) is 0 Å². The summed E-state index contributed by atoms with van der Waals surface area (Å²) in [7, 11) is -3.71. The van der Waals surface area contributed by atoms with E-state index >= 15 is 0 Å². The summed E-state index contributed by atoms with van der Waals surface area (Å²) in [5.41, 5.74) is 2.55. The van der Waals surface area contributed by atoms with Crippen LogP contribution in [0.1, 0.15) is 5.82 Å². The van der Waals surface area contributed by atoms with Crippen LogP contribution >= 0.6 is 0 Å². The maximum atomic E-state index is 10.9. The molecule has 2 rings (SSSR count). The number of hydrogen-bond acceptors (Lipinski definition) is 4. The van der Waals surface area contributed by atoms with E-state index in [0.29, 0.717) is 5.82 Å². The number of fused-ring (bicyclic) bond motifs is 1. The second-order valence-electron chi connectivity index (χ2n) is 2.56. The highest BCUT2D eigenvalue weighted by atomic mass is 32.2. The lowest BCUT2D eigenvalue weighted by Gasteiger charge is -2.07. The number of hydrazine groups is 1. The van der Waals surface area contributed by atoms with Crippen molar-refractivity contribution in [2.75, 3.05) is 5.53 Å². The number of aromatic nitrogens is 2. The van der Waals surface area contributed by atoms with Crippen LogP contribution in [0.25, 0.3) is 0 Å². The molecular formula is C5H8N5O2S+. The molecule has 13 heavy (non-hydrogen) atoms. The van der Waals surface area contributed by atoms with Crippen molar-refractivity contribution in [3.05, 3.63) is 24.3 Å². The van der Waals surface area contributed by atoms with Gasteiger partial charge in [-0.3, -0.25) is 0 Å². The van der Waals surface area contributed by atoms with E-state index in [1.807, 2.05) is 0 Å².